The van der Waals surface area contributed by atoms with Crippen molar-refractivity contribution in [3.8, 4) is 0 Å². The Morgan fingerprint density at radius 3 is 2.18 bits per heavy atom. The van der Waals surface area contributed by atoms with Crippen molar-refractivity contribution in [1.29, 1.82) is 0 Å². The zero-order chi connectivity index (χ0) is 33.0. The third kappa shape index (κ3) is 8.03. The van der Waals surface area contributed by atoms with Crippen LogP contribution in [0.1, 0.15) is 65.9 Å². The van der Waals surface area contributed by atoms with Crippen molar-refractivity contribution in [3.63, 3.8) is 0 Å². The Kier molecular flexibility index (Phi) is 11.0. The fraction of sp³-hybridized carbons (Fsp3) is 0.633. The van der Waals surface area contributed by atoms with E-state index in [9.17, 15) is 38.6 Å². The Balaban J connectivity index is 1.94. The monoisotopic (exact) mass is 621 g/mol. The van der Waals surface area contributed by atoms with Gasteiger partial charge in [-0.3, -0.25) is 19.2 Å². The third-order valence-electron chi connectivity index (χ3n) is 7.90. The molecule has 5 amide bonds. The molecule has 1 aromatic carbocycles. The van der Waals surface area contributed by atoms with E-state index in [1.54, 1.807) is 20.8 Å². The first-order chi connectivity index (χ1) is 20.5. The van der Waals surface area contributed by atoms with E-state index < -0.39 is 77.0 Å². The maximum atomic E-state index is 14.3. The molecule has 0 bridgehead atoms. The number of aliphatic hydroxyl groups is 2. The number of likely N-dealkylation sites (tertiary alicyclic amines) is 2. The van der Waals surface area contributed by atoms with Gasteiger partial charge in [-0.15, -0.1) is 0 Å². The molecule has 0 aliphatic carbocycles. The van der Waals surface area contributed by atoms with E-state index >= 15 is 0 Å². The maximum absolute atomic E-state index is 14.3. The fourth-order valence-corrected chi connectivity index (χ4v) is 5.81. The van der Waals surface area contributed by atoms with Gasteiger partial charge in [0.05, 0.1) is 12.2 Å². The Morgan fingerprint density at radius 2 is 1.64 bits per heavy atom. The van der Waals surface area contributed by atoms with Crippen molar-refractivity contribution in [2.45, 2.75) is 108 Å². The number of primary amides is 1. The number of carbonyl (C=O) groups excluding carboxylic acids is 5. The lowest BCUT2D eigenvalue weighted by atomic mass is 9.86. The predicted octanol–water partition coefficient (Wildman–Crippen LogP) is 0.345. The molecule has 1 aromatic rings. The lowest BCUT2D eigenvalue weighted by molar-refractivity contribution is -0.153. The van der Waals surface area contributed by atoms with Crippen LogP contribution in [0.25, 0.3) is 0 Å². The van der Waals surface area contributed by atoms with Gasteiger partial charge in [-0.05, 0) is 78.0 Å². The number of rotatable bonds is 10. The van der Waals surface area contributed by atoms with E-state index in [1.807, 2.05) is 0 Å². The summed E-state index contributed by atoms with van der Waals surface area (Å²) in [7, 11) is 0. The number of aliphatic hydroxyl groups excluding tert-OH is 2. The normalized spacial score (nSPS) is 23.0. The molecule has 2 saturated heterocycles. The molecular weight excluding hydrogens is 577 g/mol. The first-order valence-electron chi connectivity index (χ1n) is 14.8. The molecule has 44 heavy (non-hydrogen) atoms. The van der Waals surface area contributed by atoms with Crippen LogP contribution in [0, 0.1) is 5.82 Å². The summed E-state index contributed by atoms with van der Waals surface area (Å²) in [6, 6.07) is 1.61. The highest BCUT2D eigenvalue weighted by atomic mass is 19.1. The minimum atomic E-state index is -1.55. The Hall–Kier alpha value is -3.78. The summed E-state index contributed by atoms with van der Waals surface area (Å²) < 4.78 is 18.9. The van der Waals surface area contributed by atoms with Gasteiger partial charge in [0.25, 0.3) is 0 Å². The van der Waals surface area contributed by atoms with Gasteiger partial charge in [-0.2, -0.15) is 0 Å². The highest BCUT2D eigenvalue weighted by molar-refractivity contribution is 5.98. The number of amides is 5. The zero-order valence-electron chi connectivity index (χ0n) is 25.8. The van der Waals surface area contributed by atoms with Crippen LogP contribution >= 0.6 is 0 Å². The van der Waals surface area contributed by atoms with Crippen LogP contribution in [0.3, 0.4) is 0 Å². The van der Waals surface area contributed by atoms with E-state index in [0.717, 1.165) is 0 Å². The van der Waals surface area contributed by atoms with Gasteiger partial charge in [-0.25, -0.2) is 9.18 Å². The largest absolute Gasteiger partial charge is 0.444 e. The molecule has 0 radical (unpaired) electrons. The number of carbonyl (C=O) groups is 5. The van der Waals surface area contributed by atoms with Crippen LogP contribution in [-0.4, -0.2) is 104 Å². The molecule has 244 valence electrons. The first kappa shape index (κ1) is 34.7. The van der Waals surface area contributed by atoms with Gasteiger partial charge in [0.15, 0.2) is 0 Å². The molecule has 6 N–H and O–H groups in total. The number of nitrogens with one attached hydrogen (secondary N) is 2. The van der Waals surface area contributed by atoms with E-state index in [2.05, 4.69) is 10.6 Å². The molecule has 0 saturated carbocycles. The second-order valence-corrected chi connectivity index (χ2v) is 12.6. The highest BCUT2D eigenvalue weighted by Gasteiger charge is 2.53. The number of halogens is 1. The summed E-state index contributed by atoms with van der Waals surface area (Å²) in [6.07, 6.45) is -2.25. The van der Waals surface area contributed by atoms with Gasteiger partial charge in [0.1, 0.15) is 35.1 Å². The Bertz CT molecular complexity index is 1230. The quantitative estimate of drug-likeness (QED) is 0.247. The molecular formula is C30H44FN5O8. The molecule has 2 aliphatic heterocycles. The molecule has 0 aromatic heterocycles. The molecule has 0 spiro atoms. The van der Waals surface area contributed by atoms with Gasteiger partial charge >= 0.3 is 6.09 Å². The smallest absolute Gasteiger partial charge is 0.408 e. The summed E-state index contributed by atoms with van der Waals surface area (Å²) in [6.45, 7) is 7.91. The summed E-state index contributed by atoms with van der Waals surface area (Å²) in [4.78, 5) is 69.0. The first-order valence-corrected chi connectivity index (χ1v) is 14.8. The highest BCUT2D eigenvalue weighted by Crippen LogP contribution is 2.36. The molecule has 14 heteroatoms. The molecule has 2 aliphatic rings. The molecule has 2 heterocycles. The van der Waals surface area contributed by atoms with Crippen molar-refractivity contribution < 1.29 is 43.3 Å². The van der Waals surface area contributed by atoms with Crippen LogP contribution in [0.15, 0.2) is 24.3 Å². The SMILES string of the molecule is C[C@@H](O)[C@H](NC(=O)C1(Cc2ccc(F)cc2)CCCN1C(=O)[C@@H]1CCCN1C(=O)[C@@H](NC(=O)OC(C)(C)C)[C@@H](C)O)C(N)=O. The van der Waals surface area contributed by atoms with Crippen LogP contribution in [-0.2, 0) is 30.3 Å². The van der Waals surface area contributed by atoms with E-state index in [1.165, 1.54) is 47.9 Å². The zero-order valence-corrected chi connectivity index (χ0v) is 25.8. The van der Waals surface area contributed by atoms with Crippen LogP contribution < -0.4 is 16.4 Å². The fourth-order valence-electron chi connectivity index (χ4n) is 5.81. The average molecular weight is 622 g/mol. The van der Waals surface area contributed by atoms with E-state index in [-0.39, 0.29) is 32.4 Å². The Morgan fingerprint density at radius 1 is 1.02 bits per heavy atom. The van der Waals surface area contributed by atoms with Crippen LogP contribution in [0.4, 0.5) is 9.18 Å². The molecule has 3 rings (SSSR count). The van der Waals surface area contributed by atoms with Gasteiger partial charge in [0.2, 0.25) is 23.6 Å². The number of alkyl carbamates (subject to hydrolysis) is 1. The molecule has 2 fully saturated rings. The number of ether oxygens (including phenoxy) is 1. The number of hydrogen-bond donors (Lipinski definition) is 5. The predicted molar refractivity (Wildman–Crippen MR) is 156 cm³/mol. The van der Waals surface area contributed by atoms with Crippen molar-refractivity contribution >= 4 is 29.7 Å². The van der Waals surface area contributed by atoms with Crippen LogP contribution in [0.2, 0.25) is 0 Å². The minimum Gasteiger partial charge on any atom is -0.444 e. The van der Waals surface area contributed by atoms with Gasteiger partial charge in [-0.1, -0.05) is 12.1 Å². The minimum absolute atomic E-state index is 0.0344. The van der Waals surface area contributed by atoms with Crippen molar-refractivity contribution in [2.75, 3.05) is 13.1 Å². The number of nitrogens with two attached hydrogens (primary N) is 1. The van der Waals surface area contributed by atoms with E-state index in [0.29, 0.717) is 18.4 Å². The summed E-state index contributed by atoms with van der Waals surface area (Å²) in [5, 5.41) is 25.4. The third-order valence-corrected chi connectivity index (χ3v) is 7.90. The number of hydrogen-bond acceptors (Lipinski definition) is 8. The summed E-state index contributed by atoms with van der Waals surface area (Å²) >= 11 is 0. The van der Waals surface area contributed by atoms with Gasteiger partial charge < -0.3 is 41.1 Å². The number of benzene rings is 1. The molecule has 1 unspecified atom stereocenters. The standard InChI is InChI=1S/C30H44FN5O8/c1-17(37)22(24(32)39)33-27(42)30(16-19-9-11-20(31)12-10-19)13-7-15-36(30)25(40)21-8-6-14-35(21)26(41)23(18(2)38)34-28(43)44-29(3,4)5/h9-12,17-18,21-23,37-38H,6-8,13-16H2,1-5H3,(H2,32,39)(H,33,42)(H,34,43)/t17-,18-,21+,22+,23+,30?/m1/s1. The Labute approximate surface area is 256 Å². The van der Waals surface area contributed by atoms with Crippen LogP contribution in [0.5, 0.6) is 0 Å². The van der Waals surface area contributed by atoms with Gasteiger partial charge in [0, 0.05) is 19.5 Å². The summed E-state index contributed by atoms with van der Waals surface area (Å²) in [5.74, 6) is -3.38. The van der Waals surface area contributed by atoms with Crippen molar-refractivity contribution in [1.82, 2.24) is 20.4 Å². The molecule has 13 nitrogen and oxygen atoms in total. The molecule has 6 atom stereocenters. The lowest BCUT2D eigenvalue weighted by Crippen LogP contribution is -2.65. The van der Waals surface area contributed by atoms with Crippen molar-refractivity contribution in [3.05, 3.63) is 35.6 Å². The number of nitrogens with zero attached hydrogens (tertiary/aromatic N) is 2. The lowest BCUT2D eigenvalue weighted by Gasteiger charge is -2.41. The maximum Gasteiger partial charge on any atom is 0.408 e. The second kappa shape index (κ2) is 13.9. The van der Waals surface area contributed by atoms with E-state index in [4.69, 9.17) is 10.5 Å². The topological polar surface area (TPSA) is 192 Å². The second-order valence-electron chi connectivity index (χ2n) is 12.6. The van der Waals surface area contributed by atoms with Crippen molar-refractivity contribution in [2.24, 2.45) is 5.73 Å². The summed E-state index contributed by atoms with van der Waals surface area (Å²) in [5.41, 5.74) is 3.57. The average Bonchev–Trinajstić information content (AvgIpc) is 3.57.